The monoisotopic (exact) mass is 406 g/mol. The maximum absolute atomic E-state index is 12.3. The molecule has 0 saturated heterocycles. The summed E-state index contributed by atoms with van der Waals surface area (Å²) in [4.78, 5) is 47.0. The molecule has 0 fully saturated rings. The fourth-order valence-electron chi connectivity index (χ4n) is 2.47. The number of carbonyl (C=O) groups is 4. The normalized spacial score (nSPS) is 12.4. The van der Waals surface area contributed by atoms with Gasteiger partial charge in [0, 0.05) is 24.9 Å². The molecular formula is C20H26N2O7. The van der Waals surface area contributed by atoms with E-state index >= 15 is 0 Å². The topological polar surface area (TPSA) is 120 Å². The minimum absolute atomic E-state index is 0.0560. The second kappa shape index (κ2) is 11.7. The van der Waals surface area contributed by atoms with Crippen molar-refractivity contribution in [2.24, 2.45) is 0 Å². The molecule has 0 spiro atoms. The number of Topliss-reactive ketones (excluding diaryl/α,β-unsaturated/α-hetero) is 1. The number of carbonyl (C=O) groups excluding carboxylic acids is 4. The summed E-state index contributed by atoms with van der Waals surface area (Å²) < 4.78 is 15.9. The van der Waals surface area contributed by atoms with Crippen molar-refractivity contribution in [1.82, 2.24) is 10.6 Å². The van der Waals surface area contributed by atoms with Crippen molar-refractivity contribution in [2.75, 3.05) is 32.9 Å². The summed E-state index contributed by atoms with van der Waals surface area (Å²) in [5.41, 5.74) is 0.415. The third-order valence-corrected chi connectivity index (χ3v) is 4.01. The van der Waals surface area contributed by atoms with Gasteiger partial charge in [0.25, 0.3) is 5.91 Å². The molecule has 0 aliphatic carbocycles. The van der Waals surface area contributed by atoms with Crippen LogP contribution in [0.25, 0.3) is 0 Å². The fraction of sp³-hybridized carbons (Fsp3) is 0.500. The summed E-state index contributed by atoms with van der Waals surface area (Å²) in [5, 5.41) is 4.96. The van der Waals surface area contributed by atoms with E-state index in [0.717, 1.165) is 12.8 Å². The van der Waals surface area contributed by atoms with Crippen molar-refractivity contribution in [3.63, 3.8) is 0 Å². The lowest BCUT2D eigenvalue weighted by Gasteiger charge is -2.09. The van der Waals surface area contributed by atoms with E-state index in [1.807, 2.05) is 6.92 Å². The number of hydrogen-bond donors (Lipinski definition) is 2. The Labute approximate surface area is 169 Å². The zero-order valence-corrected chi connectivity index (χ0v) is 16.5. The van der Waals surface area contributed by atoms with Crippen LogP contribution >= 0.6 is 0 Å². The SMILES string of the molecule is CCCNC(=O)CNC(=O)COC(=O)CCC(=O)c1ccc2c(c1)OCCCO2. The van der Waals surface area contributed by atoms with E-state index in [1.165, 1.54) is 0 Å². The van der Waals surface area contributed by atoms with Crippen LogP contribution in [0.15, 0.2) is 18.2 Å². The second-order valence-electron chi connectivity index (χ2n) is 6.42. The van der Waals surface area contributed by atoms with Gasteiger partial charge in [-0.05, 0) is 24.6 Å². The fourth-order valence-corrected chi connectivity index (χ4v) is 2.47. The van der Waals surface area contributed by atoms with Crippen LogP contribution in [0.5, 0.6) is 11.5 Å². The molecule has 0 radical (unpaired) electrons. The van der Waals surface area contributed by atoms with Crippen molar-refractivity contribution >= 4 is 23.6 Å². The highest BCUT2D eigenvalue weighted by Gasteiger charge is 2.16. The van der Waals surface area contributed by atoms with Gasteiger partial charge in [-0.25, -0.2) is 0 Å². The molecule has 1 heterocycles. The maximum atomic E-state index is 12.3. The summed E-state index contributed by atoms with van der Waals surface area (Å²) in [5.74, 6) is -0.706. The zero-order chi connectivity index (χ0) is 21.1. The number of hydrogen-bond acceptors (Lipinski definition) is 7. The molecule has 158 valence electrons. The third-order valence-electron chi connectivity index (χ3n) is 4.01. The quantitative estimate of drug-likeness (QED) is 0.439. The van der Waals surface area contributed by atoms with Gasteiger partial charge in [0.2, 0.25) is 5.91 Å². The first kappa shape index (κ1) is 22.2. The van der Waals surface area contributed by atoms with E-state index in [2.05, 4.69) is 10.6 Å². The Morgan fingerprint density at radius 3 is 2.52 bits per heavy atom. The average Bonchev–Trinajstić information content (AvgIpc) is 2.97. The van der Waals surface area contributed by atoms with Crippen molar-refractivity contribution in [1.29, 1.82) is 0 Å². The van der Waals surface area contributed by atoms with E-state index in [0.29, 0.717) is 36.8 Å². The molecule has 9 nitrogen and oxygen atoms in total. The highest BCUT2D eigenvalue weighted by atomic mass is 16.5. The van der Waals surface area contributed by atoms with Crippen LogP contribution in [0, 0.1) is 0 Å². The van der Waals surface area contributed by atoms with Crippen molar-refractivity contribution < 1.29 is 33.4 Å². The lowest BCUT2D eigenvalue weighted by Crippen LogP contribution is -2.38. The minimum Gasteiger partial charge on any atom is -0.490 e. The first-order valence-electron chi connectivity index (χ1n) is 9.61. The predicted octanol–water partition coefficient (Wildman–Crippen LogP) is 0.996. The molecule has 0 aromatic heterocycles. The number of fused-ring (bicyclic) bond motifs is 1. The molecule has 0 saturated carbocycles. The molecule has 29 heavy (non-hydrogen) atoms. The summed E-state index contributed by atoms with van der Waals surface area (Å²) >= 11 is 0. The standard InChI is InChI=1S/C20H26N2O7/c1-2-8-21-18(24)12-22-19(25)13-29-20(26)7-5-15(23)14-4-6-16-17(11-14)28-10-3-9-27-16/h4,6,11H,2-3,5,7-10,12-13H2,1H3,(H,21,24)(H,22,25). The Morgan fingerprint density at radius 2 is 1.76 bits per heavy atom. The molecule has 1 aromatic carbocycles. The van der Waals surface area contributed by atoms with Gasteiger partial charge >= 0.3 is 5.97 Å². The van der Waals surface area contributed by atoms with Gasteiger partial charge in [-0.1, -0.05) is 6.92 Å². The first-order chi connectivity index (χ1) is 14.0. The van der Waals surface area contributed by atoms with Gasteiger partial charge in [0.1, 0.15) is 0 Å². The van der Waals surface area contributed by atoms with E-state index in [9.17, 15) is 19.2 Å². The van der Waals surface area contributed by atoms with Gasteiger partial charge < -0.3 is 24.8 Å². The van der Waals surface area contributed by atoms with E-state index in [-0.39, 0.29) is 31.1 Å². The number of esters is 1. The molecule has 1 aliphatic heterocycles. The zero-order valence-electron chi connectivity index (χ0n) is 16.5. The smallest absolute Gasteiger partial charge is 0.306 e. The highest BCUT2D eigenvalue weighted by molar-refractivity contribution is 5.98. The van der Waals surface area contributed by atoms with Crippen LogP contribution in [-0.2, 0) is 19.1 Å². The summed E-state index contributed by atoms with van der Waals surface area (Å²) in [6, 6.07) is 4.90. The van der Waals surface area contributed by atoms with Crippen molar-refractivity contribution in [2.45, 2.75) is 32.6 Å². The third kappa shape index (κ3) is 7.81. The number of amides is 2. The number of ether oxygens (including phenoxy) is 3. The molecule has 2 N–H and O–H groups in total. The molecule has 1 aliphatic rings. The van der Waals surface area contributed by atoms with E-state index in [4.69, 9.17) is 14.2 Å². The van der Waals surface area contributed by atoms with Gasteiger partial charge in [-0.15, -0.1) is 0 Å². The van der Waals surface area contributed by atoms with Crippen LogP contribution in [-0.4, -0.2) is 56.5 Å². The number of nitrogens with one attached hydrogen (secondary N) is 2. The maximum Gasteiger partial charge on any atom is 0.306 e. The van der Waals surface area contributed by atoms with Crippen LogP contribution in [0.3, 0.4) is 0 Å². The Hall–Kier alpha value is -3.10. The van der Waals surface area contributed by atoms with Crippen LogP contribution in [0.1, 0.15) is 43.0 Å². The Kier molecular flexibility index (Phi) is 8.94. The number of ketones is 1. The molecule has 0 bridgehead atoms. The van der Waals surface area contributed by atoms with Crippen molar-refractivity contribution in [3.05, 3.63) is 23.8 Å². The van der Waals surface area contributed by atoms with Crippen LogP contribution in [0.4, 0.5) is 0 Å². The number of rotatable bonds is 10. The van der Waals surface area contributed by atoms with E-state index in [1.54, 1.807) is 18.2 Å². The van der Waals surface area contributed by atoms with Gasteiger partial charge in [0.15, 0.2) is 23.9 Å². The molecule has 0 atom stereocenters. The predicted molar refractivity (Wildman–Crippen MR) is 103 cm³/mol. The lowest BCUT2D eigenvalue weighted by atomic mass is 10.1. The van der Waals surface area contributed by atoms with Gasteiger partial charge in [-0.3, -0.25) is 19.2 Å². The minimum atomic E-state index is -0.668. The van der Waals surface area contributed by atoms with Crippen LogP contribution < -0.4 is 20.1 Å². The Balaban J connectivity index is 1.69. The van der Waals surface area contributed by atoms with Gasteiger partial charge in [0.05, 0.1) is 26.2 Å². The first-order valence-corrected chi connectivity index (χ1v) is 9.61. The Bertz CT molecular complexity index is 748. The summed E-state index contributed by atoms with van der Waals surface area (Å²) in [7, 11) is 0. The average molecular weight is 406 g/mol. The molecule has 9 heteroatoms. The van der Waals surface area contributed by atoms with Gasteiger partial charge in [-0.2, -0.15) is 0 Å². The number of benzene rings is 1. The molecule has 1 aromatic rings. The summed E-state index contributed by atoms with van der Waals surface area (Å²) in [6.07, 6.45) is 1.35. The van der Waals surface area contributed by atoms with Crippen molar-refractivity contribution in [3.8, 4) is 11.5 Å². The largest absolute Gasteiger partial charge is 0.490 e. The molecular weight excluding hydrogens is 380 g/mol. The molecule has 2 rings (SSSR count). The van der Waals surface area contributed by atoms with Crippen LogP contribution in [0.2, 0.25) is 0 Å². The highest BCUT2D eigenvalue weighted by Crippen LogP contribution is 2.30. The molecule has 2 amide bonds. The second-order valence-corrected chi connectivity index (χ2v) is 6.42. The lowest BCUT2D eigenvalue weighted by molar-refractivity contribution is -0.148. The molecule has 0 unspecified atom stereocenters. The van der Waals surface area contributed by atoms with E-state index < -0.39 is 18.5 Å². The Morgan fingerprint density at radius 1 is 1.00 bits per heavy atom. The summed E-state index contributed by atoms with van der Waals surface area (Å²) in [6.45, 7) is 2.83.